The first-order valence-corrected chi connectivity index (χ1v) is 7.54. The van der Waals surface area contributed by atoms with Crippen LogP contribution in [-0.2, 0) is 19.4 Å². The van der Waals surface area contributed by atoms with Gasteiger partial charge in [-0.1, -0.05) is 43.3 Å². The standard InChI is InChI=1S/C18H21N3/c1-2-14-7-9-15(10-8-14)13-21-17-6-4-3-5-16(17)20-18(21)11-12-19/h3-10H,2,11-13,19H2,1H3. The van der Waals surface area contributed by atoms with E-state index in [1.807, 2.05) is 6.07 Å². The summed E-state index contributed by atoms with van der Waals surface area (Å²) in [5.41, 5.74) is 10.6. The highest BCUT2D eigenvalue weighted by Crippen LogP contribution is 2.18. The van der Waals surface area contributed by atoms with Crippen LogP contribution >= 0.6 is 0 Å². The van der Waals surface area contributed by atoms with E-state index in [-0.39, 0.29) is 0 Å². The van der Waals surface area contributed by atoms with Gasteiger partial charge in [-0.2, -0.15) is 0 Å². The third-order valence-corrected chi connectivity index (χ3v) is 3.87. The summed E-state index contributed by atoms with van der Waals surface area (Å²) in [5, 5.41) is 0. The molecule has 0 spiro atoms. The minimum Gasteiger partial charge on any atom is -0.330 e. The van der Waals surface area contributed by atoms with Crippen LogP contribution in [0.25, 0.3) is 11.0 Å². The van der Waals surface area contributed by atoms with Crippen LogP contribution < -0.4 is 5.73 Å². The Morgan fingerprint density at radius 3 is 2.43 bits per heavy atom. The van der Waals surface area contributed by atoms with Crippen molar-refractivity contribution in [1.29, 1.82) is 0 Å². The van der Waals surface area contributed by atoms with Crippen molar-refractivity contribution in [3.8, 4) is 0 Å². The minimum absolute atomic E-state index is 0.623. The number of benzene rings is 2. The van der Waals surface area contributed by atoms with Gasteiger partial charge in [0, 0.05) is 13.0 Å². The maximum atomic E-state index is 5.73. The molecule has 0 fully saturated rings. The first-order chi connectivity index (χ1) is 10.3. The lowest BCUT2D eigenvalue weighted by Crippen LogP contribution is -2.11. The minimum atomic E-state index is 0.623. The van der Waals surface area contributed by atoms with Gasteiger partial charge in [0.15, 0.2) is 0 Å². The van der Waals surface area contributed by atoms with Gasteiger partial charge < -0.3 is 10.3 Å². The Kier molecular flexibility index (Phi) is 4.02. The second-order valence-electron chi connectivity index (χ2n) is 5.31. The predicted octanol–water partition coefficient (Wildman–Crippen LogP) is 3.15. The lowest BCUT2D eigenvalue weighted by atomic mass is 10.1. The van der Waals surface area contributed by atoms with Crippen molar-refractivity contribution < 1.29 is 0 Å². The molecule has 0 aliphatic carbocycles. The molecule has 1 aromatic heterocycles. The lowest BCUT2D eigenvalue weighted by Gasteiger charge is -2.09. The fourth-order valence-electron chi connectivity index (χ4n) is 2.68. The zero-order valence-electron chi connectivity index (χ0n) is 12.4. The highest BCUT2D eigenvalue weighted by atomic mass is 15.1. The number of hydrogen-bond acceptors (Lipinski definition) is 2. The summed E-state index contributed by atoms with van der Waals surface area (Å²) in [6.07, 6.45) is 1.88. The van der Waals surface area contributed by atoms with Crippen LogP contribution in [0.15, 0.2) is 48.5 Å². The lowest BCUT2D eigenvalue weighted by molar-refractivity contribution is 0.734. The van der Waals surface area contributed by atoms with Crippen molar-refractivity contribution >= 4 is 11.0 Å². The van der Waals surface area contributed by atoms with Crippen LogP contribution in [0.4, 0.5) is 0 Å². The Morgan fingerprint density at radius 2 is 1.71 bits per heavy atom. The Hall–Kier alpha value is -2.13. The molecule has 3 heteroatoms. The third-order valence-electron chi connectivity index (χ3n) is 3.87. The van der Waals surface area contributed by atoms with E-state index in [9.17, 15) is 0 Å². The van der Waals surface area contributed by atoms with Crippen molar-refractivity contribution in [2.24, 2.45) is 5.73 Å². The van der Waals surface area contributed by atoms with Gasteiger partial charge in [-0.05, 0) is 36.2 Å². The Morgan fingerprint density at radius 1 is 1.00 bits per heavy atom. The van der Waals surface area contributed by atoms with E-state index in [0.717, 1.165) is 30.7 Å². The van der Waals surface area contributed by atoms with Gasteiger partial charge in [0.05, 0.1) is 11.0 Å². The quantitative estimate of drug-likeness (QED) is 0.779. The molecule has 0 aliphatic rings. The molecule has 0 atom stereocenters. The average Bonchev–Trinajstić information content (AvgIpc) is 2.86. The number of nitrogens with two attached hydrogens (primary N) is 1. The smallest absolute Gasteiger partial charge is 0.111 e. The predicted molar refractivity (Wildman–Crippen MR) is 87.4 cm³/mol. The van der Waals surface area contributed by atoms with Crippen LogP contribution in [0, 0.1) is 0 Å². The number of aromatic nitrogens is 2. The van der Waals surface area contributed by atoms with Gasteiger partial charge in [-0.25, -0.2) is 4.98 Å². The molecular weight excluding hydrogens is 258 g/mol. The van der Waals surface area contributed by atoms with E-state index >= 15 is 0 Å². The highest BCUT2D eigenvalue weighted by Gasteiger charge is 2.10. The molecule has 3 aromatic rings. The van der Waals surface area contributed by atoms with Gasteiger partial charge in [0.25, 0.3) is 0 Å². The van der Waals surface area contributed by atoms with Gasteiger partial charge in [-0.15, -0.1) is 0 Å². The summed E-state index contributed by atoms with van der Waals surface area (Å²) in [7, 11) is 0. The molecule has 0 amide bonds. The largest absolute Gasteiger partial charge is 0.330 e. The van der Waals surface area contributed by atoms with Crippen LogP contribution in [0.3, 0.4) is 0 Å². The van der Waals surface area contributed by atoms with Crippen molar-refractivity contribution in [3.63, 3.8) is 0 Å². The molecule has 0 unspecified atom stereocenters. The summed E-state index contributed by atoms with van der Waals surface area (Å²) in [4.78, 5) is 4.72. The molecule has 3 nitrogen and oxygen atoms in total. The molecule has 21 heavy (non-hydrogen) atoms. The van der Waals surface area contributed by atoms with Crippen LogP contribution in [0.5, 0.6) is 0 Å². The third kappa shape index (κ3) is 2.83. The zero-order valence-corrected chi connectivity index (χ0v) is 12.4. The topological polar surface area (TPSA) is 43.8 Å². The van der Waals surface area contributed by atoms with Gasteiger partial charge in [0.1, 0.15) is 5.82 Å². The first-order valence-electron chi connectivity index (χ1n) is 7.54. The highest BCUT2D eigenvalue weighted by molar-refractivity contribution is 5.76. The molecule has 0 radical (unpaired) electrons. The number of aryl methyl sites for hydroxylation is 1. The zero-order chi connectivity index (χ0) is 14.7. The van der Waals surface area contributed by atoms with Gasteiger partial charge in [0.2, 0.25) is 0 Å². The summed E-state index contributed by atoms with van der Waals surface area (Å²) in [6.45, 7) is 3.65. The van der Waals surface area contributed by atoms with E-state index in [2.05, 4.69) is 54.0 Å². The van der Waals surface area contributed by atoms with E-state index in [4.69, 9.17) is 10.7 Å². The molecular formula is C18H21N3. The number of para-hydroxylation sites is 2. The second-order valence-corrected chi connectivity index (χ2v) is 5.31. The molecule has 1 heterocycles. The fourth-order valence-corrected chi connectivity index (χ4v) is 2.68. The first kappa shape index (κ1) is 13.8. The second kappa shape index (κ2) is 6.10. The van der Waals surface area contributed by atoms with Crippen LogP contribution in [0.1, 0.15) is 23.9 Å². The molecule has 2 N–H and O–H groups in total. The van der Waals surface area contributed by atoms with E-state index in [1.54, 1.807) is 0 Å². The van der Waals surface area contributed by atoms with Crippen LogP contribution in [0.2, 0.25) is 0 Å². The summed E-state index contributed by atoms with van der Waals surface area (Å²) < 4.78 is 2.28. The number of rotatable bonds is 5. The van der Waals surface area contributed by atoms with Crippen molar-refractivity contribution in [1.82, 2.24) is 9.55 Å². The van der Waals surface area contributed by atoms with E-state index in [1.165, 1.54) is 16.6 Å². The maximum absolute atomic E-state index is 5.73. The summed E-state index contributed by atoms with van der Waals surface area (Å²) in [5.74, 6) is 1.07. The number of nitrogens with zero attached hydrogens (tertiary/aromatic N) is 2. The number of fused-ring (bicyclic) bond motifs is 1. The monoisotopic (exact) mass is 279 g/mol. The Labute approximate surface area is 125 Å². The Bertz CT molecular complexity index is 726. The normalized spacial score (nSPS) is 11.1. The van der Waals surface area contributed by atoms with Crippen molar-refractivity contribution in [3.05, 3.63) is 65.5 Å². The van der Waals surface area contributed by atoms with Gasteiger partial charge in [-0.3, -0.25) is 0 Å². The molecule has 0 saturated carbocycles. The summed E-state index contributed by atoms with van der Waals surface area (Å²) in [6, 6.07) is 17.1. The number of imidazole rings is 1. The molecule has 0 aliphatic heterocycles. The molecule has 2 aromatic carbocycles. The maximum Gasteiger partial charge on any atom is 0.111 e. The molecule has 108 valence electrons. The van der Waals surface area contributed by atoms with Gasteiger partial charge >= 0.3 is 0 Å². The average molecular weight is 279 g/mol. The SMILES string of the molecule is CCc1ccc(Cn2c(CCN)nc3ccccc32)cc1. The Balaban J connectivity index is 1.99. The molecule has 3 rings (SSSR count). The summed E-state index contributed by atoms with van der Waals surface area (Å²) >= 11 is 0. The van der Waals surface area contributed by atoms with E-state index < -0.39 is 0 Å². The van der Waals surface area contributed by atoms with Crippen molar-refractivity contribution in [2.75, 3.05) is 6.54 Å². The fraction of sp³-hybridized carbons (Fsp3) is 0.278. The van der Waals surface area contributed by atoms with Crippen molar-refractivity contribution in [2.45, 2.75) is 26.3 Å². The van der Waals surface area contributed by atoms with Crippen LogP contribution in [-0.4, -0.2) is 16.1 Å². The number of hydrogen-bond donors (Lipinski definition) is 1. The molecule has 0 bridgehead atoms. The van der Waals surface area contributed by atoms with E-state index in [0.29, 0.717) is 6.54 Å². The molecule has 0 saturated heterocycles.